The zero-order chi connectivity index (χ0) is 10.7. The molecule has 0 heterocycles. The van der Waals surface area contributed by atoms with Crippen LogP contribution in [0.25, 0.3) is 0 Å². The number of hydrogen-bond acceptors (Lipinski definition) is 4. The van der Waals surface area contributed by atoms with Crippen molar-refractivity contribution in [3.05, 3.63) is 0 Å². The number of halogens is 2. The summed E-state index contributed by atoms with van der Waals surface area (Å²) < 4.78 is 0. The van der Waals surface area contributed by atoms with E-state index in [-0.39, 0.29) is 0 Å². The molecule has 0 N–H and O–H groups in total. The molecule has 0 aliphatic rings. The van der Waals surface area contributed by atoms with Gasteiger partial charge in [-0.25, -0.2) is 0 Å². The quantitative estimate of drug-likeness (QED) is 0.370. The summed E-state index contributed by atoms with van der Waals surface area (Å²) in [5, 5.41) is 0. The van der Waals surface area contributed by atoms with Crippen molar-refractivity contribution in [1.29, 1.82) is 0 Å². The maximum absolute atomic E-state index is 7.75. The van der Waals surface area contributed by atoms with Gasteiger partial charge in [0, 0.05) is 0 Å². The molecular formula is C4H4Br2FeO4-4. The average molecular weight is 332 g/mol. The van der Waals surface area contributed by atoms with Gasteiger partial charge in [0.15, 0.2) is 0 Å². The molecular weight excluding hydrogens is 328 g/mol. The Morgan fingerprint density at radius 2 is 0.636 bits per heavy atom. The second kappa shape index (κ2) is 634. The second-order valence-electron chi connectivity index (χ2n) is 0.0505. The smallest absolute Gasteiger partial charge is 0.282 e. The molecule has 70 valence electrons. The first-order valence-electron chi connectivity index (χ1n) is 1.21. The van der Waals surface area contributed by atoms with Crippen LogP contribution in [0.5, 0.6) is 0 Å². The molecule has 7 heteroatoms. The third-order valence-corrected chi connectivity index (χ3v) is 0. The fourth-order valence-electron chi connectivity index (χ4n) is 0. The van der Waals surface area contributed by atoms with Crippen LogP contribution >= 0.6 is 28.2 Å². The van der Waals surface area contributed by atoms with Gasteiger partial charge in [0.2, 0.25) is 0 Å². The molecule has 0 aliphatic heterocycles. The number of carbonyl (C=O) groups excluding carboxylic acids is 4. The van der Waals surface area contributed by atoms with Crippen molar-refractivity contribution in [3.8, 4) is 0 Å². The summed E-state index contributed by atoms with van der Waals surface area (Å²) in [7, 11) is 0. The Bertz CT molecular complexity index is 35.3. The van der Waals surface area contributed by atoms with Gasteiger partial charge < -0.3 is 19.2 Å². The molecule has 0 bridgehead atoms. The van der Waals surface area contributed by atoms with E-state index in [1.165, 1.54) is 0 Å². The predicted octanol–water partition coefficient (Wildman–Crippen LogP) is 0.592. The molecule has 0 rings (SSSR count). The van der Waals surface area contributed by atoms with Gasteiger partial charge in [-0.3, -0.25) is 27.2 Å². The van der Waals surface area contributed by atoms with E-state index in [1.807, 2.05) is 0 Å². The average Bonchev–Trinajstić information content (AvgIpc) is 2.18. The summed E-state index contributed by atoms with van der Waals surface area (Å²) in [6.45, 7) is 13.0. The largest absolute Gasteiger partial charge is 0.545 e. The van der Waals surface area contributed by atoms with Crippen LogP contribution < -0.4 is 0 Å². The van der Waals surface area contributed by atoms with E-state index in [0.29, 0.717) is 0 Å². The normalized spacial score (nSPS) is 3.45. The first kappa shape index (κ1) is 30.4. The Labute approximate surface area is 85.6 Å². The SMILES string of the molecule is [Br][Fe][Br].[CH-]=O.[CH-]=O.[CH-]=O.[CH-]=O. The molecule has 11 heavy (non-hydrogen) atoms. The second-order valence-corrected chi connectivity index (χ2v) is 5.62. The Morgan fingerprint density at radius 1 is 0.636 bits per heavy atom. The Balaban J connectivity index is -0.0000000139. The van der Waals surface area contributed by atoms with Gasteiger partial charge in [-0.1, -0.05) is 0 Å². The Kier molecular flexibility index (Phi) is 1750. The van der Waals surface area contributed by atoms with Crippen LogP contribution in [0.2, 0.25) is 0 Å². The molecule has 0 spiro atoms. The maximum atomic E-state index is 7.75. The molecule has 4 nitrogen and oxygen atoms in total. The summed E-state index contributed by atoms with van der Waals surface area (Å²) in [5.41, 5.74) is 0. The van der Waals surface area contributed by atoms with E-state index in [2.05, 4.69) is 55.4 Å². The third kappa shape index (κ3) is 26600. The van der Waals surface area contributed by atoms with Crippen LogP contribution in [0, 0.1) is 0 Å². The molecule has 0 aromatic rings. The first-order valence-corrected chi connectivity index (χ1v) is 6.67. The summed E-state index contributed by atoms with van der Waals surface area (Å²) in [6, 6.07) is 0. The summed E-state index contributed by atoms with van der Waals surface area (Å²) in [4.78, 5) is 31.0. The molecule has 0 unspecified atom stereocenters. The monoisotopic (exact) mass is 330 g/mol. The van der Waals surface area contributed by atoms with Gasteiger partial charge in [0.05, 0.1) is 0 Å². The van der Waals surface area contributed by atoms with Crippen molar-refractivity contribution in [2.75, 3.05) is 0 Å². The fraction of sp³-hybridized carbons (Fsp3) is 0. The van der Waals surface area contributed by atoms with Crippen LogP contribution in [-0.4, -0.2) is 27.2 Å². The van der Waals surface area contributed by atoms with Crippen molar-refractivity contribution in [2.45, 2.75) is 0 Å². The van der Waals surface area contributed by atoms with Gasteiger partial charge in [-0.15, -0.1) is 0 Å². The molecule has 0 aromatic heterocycles. The predicted molar refractivity (Wildman–Crippen MR) is 44.9 cm³/mol. The molecule has 0 atom stereocenters. The molecule has 0 saturated carbocycles. The zero-order valence-electron chi connectivity index (χ0n) is 5.05. The fourth-order valence-corrected chi connectivity index (χ4v) is 0. The maximum Gasteiger partial charge on any atom is -0.282 e. The summed E-state index contributed by atoms with van der Waals surface area (Å²) in [5.74, 6) is 0. The van der Waals surface area contributed by atoms with Crippen molar-refractivity contribution >= 4 is 55.4 Å². The van der Waals surface area contributed by atoms with E-state index in [9.17, 15) is 0 Å². The summed E-state index contributed by atoms with van der Waals surface area (Å²) >= 11 is 7.00. The Morgan fingerprint density at radius 3 is 0.636 bits per heavy atom. The molecule has 0 saturated heterocycles. The van der Waals surface area contributed by atoms with Crippen LogP contribution in [0.15, 0.2) is 0 Å². The van der Waals surface area contributed by atoms with Gasteiger partial charge in [-0.2, -0.15) is 0 Å². The van der Waals surface area contributed by atoms with Crippen molar-refractivity contribution < 1.29 is 30.5 Å². The first-order chi connectivity index (χ1) is 5.41. The van der Waals surface area contributed by atoms with E-state index in [0.717, 1.165) is 11.3 Å². The van der Waals surface area contributed by atoms with Gasteiger partial charge in [0.1, 0.15) is 0 Å². The molecule has 0 fully saturated rings. The van der Waals surface area contributed by atoms with Crippen LogP contribution in [0.4, 0.5) is 0 Å². The third-order valence-electron chi connectivity index (χ3n) is 0. The van der Waals surface area contributed by atoms with Gasteiger partial charge in [0.25, 0.3) is 0 Å². The van der Waals surface area contributed by atoms with Crippen molar-refractivity contribution in [2.24, 2.45) is 0 Å². The minimum absolute atomic E-state index is 0.875. The van der Waals surface area contributed by atoms with Gasteiger partial charge >= 0.3 is 39.6 Å². The molecule has 0 aromatic carbocycles. The summed E-state index contributed by atoms with van der Waals surface area (Å²) in [6.07, 6.45) is 0. The number of hydrogen-bond donors (Lipinski definition) is 0. The van der Waals surface area contributed by atoms with E-state index in [4.69, 9.17) is 19.2 Å². The number of rotatable bonds is 0. The standard InChI is InChI=1S/4CHO.2BrH.Fe/c4*1-2;;;/h4*1H;2*1H;/q4*-1;;;+2/p-2. The van der Waals surface area contributed by atoms with Crippen molar-refractivity contribution in [3.63, 3.8) is 0 Å². The van der Waals surface area contributed by atoms with Crippen LogP contribution in [0.1, 0.15) is 0 Å². The molecule has 0 aliphatic carbocycles. The van der Waals surface area contributed by atoms with Crippen LogP contribution in [0.3, 0.4) is 0 Å². The van der Waals surface area contributed by atoms with E-state index in [1.54, 1.807) is 0 Å². The minimum Gasteiger partial charge on any atom is -0.545 e. The van der Waals surface area contributed by atoms with E-state index < -0.39 is 0 Å². The zero-order valence-corrected chi connectivity index (χ0v) is 9.33. The van der Waals surface area contributed by atoms with Crippen molar-refractivity contribution in [1.82, 2.24) is 0 Å². The van der Waals surface area contributed by atoms with E-state index >= 15 is 0 Å². The Hall–Kier alpha value is 0.159. The molecule has 0 amide bonds. The van der Waals surface area contributed by atoms with Gasteiger partial charge in [-0.05, 0) is 0 Å². The van der Waals surface area contributed by atoms with Crippen LogP contribution in [-0.2, 0) is 30.5 Å². The minimum atomic E-state index is 0.875. The molecule has 0 radical (unpaired) electrons. The topological polar surface area (TPSA) is 68.3 Å².